The molecule has 1 aromatic rings. The van der Waals surface area contributed by atoms with Gasteiger partial charge in [-0.1, -0.05) is 18.2 Å². The molecule has 0 spiro atoms. The molecule has 0 heterocycles. The van der Waals surface area contributed by atoms with Gasteiger partial charge in [-0.05, 0) is 49.9 Å². The molecule has 5 unspecified atom stereocenters. The van der Waals surface area contributed by atoms with Crippen molar-refractivity contribution in [3.8, 4) is 0 Å². The number of nitro benzene ring substituents is 1. The van der Waals surface area contributed by atoms with Gasteiger partial charge < -0.3 is 5.32 Å². The van der Waals surface area contributed by atoms with Gasteiger partial charge >= 0.3 is 0 Å². The summed E-state index contributed by atoms with van der Waals surface area (Å²) in [4.78, 5) is 10.8. The predicted octanol–water partition coefficient (Wildman–Crippen LogP) is 3.29. The van der Waals surface area contributed by atoms with Crippen molar-refractivity contribution in [2.75, 3.05) is 0 Å². The maximum atomic E-state index is 11.1. The van der Waals surface area contributed by atoms with Crippen LogP contribution in [0.15, 0.2) is 24.3 Å². The van der Waals surface area contributed by atoms with Gasteiger partial charge in [0.05, 0.1) is 4.92 Å². The van der Waals surface area contributed by atoms with Gasteiger partial charge in [-0.2, -0.15) is 0 Å². The van der Waals surface area contributed by atoms with E-state index in [1.807, 2.05) is 12.1 Å². The summed E-state index contributed by atoms with van der Waals surface area (Å²) in [6.07, 6.45) is 4.25. The third kappa shape index (κ3) is 1.71. The first-order valence-electron chi connectivity index (χ1n) is 7.66. The number of nitrogens with zero attached hydrogens (tertiary/aromatic N) is 1. The Labute approximate surface area is 118 Å². The van der Waals surface area contributed by atoms with Gasteiger partial charge in [0.25, 0.3) is 5.69 Å². The average molecular weight is 272 g/mol. The molecule has 1 aromatic carbocycles. The Balaban J connectivity index is 1.49. The molecular weight excluding hydrogens is 252 g/mol. The lowest BCUT2D eigenvalue weighted by Gasteiger charge is -2.17. The summed E-state index contributed by atoms with van der Waals surface area (Å²) in [5, 5.41) is 14.8. The monoisotopic (exact) mass is 272 g/mol. The summed E-state index contributed by atoms with van der Waals surface area (Å²) in [6, 6.07) is 7.77. The van der Waals surface area contributed by atoms with E-state index in [1.54, 1.807) is 12.1 Å². The van der Waals surface area contributed by atoms with Crippen molar-refractivity contribution in [3.05, 3.63) is 39.9 Å². The van der Waals surface area contributed by atoms with E-state index in [2.05, 4.69) is 12.2 Å². The second-order valence-electron chi connectivity index (χ2n) is 6.72. The third-order valence-corrected chi connectivity index (χ3v) is 5.78. The van der Waals surface area contributed by atoms with Crippen LogP contribution in [0.25, 0.3) is 0 Å². The Morgan fingerprint density at radius 2 is 1.90 bits per heavy atom. The molecule has 0 aliphatic heterocycles. The molecule has 3 aliphatic rings. The summed E-state index contributed by atoms with van der Waals surface area (Å²) < 4.78 is 0. The van der Waals surface area contributed by atoms with Crippen LogP contribution in [0.3, 0.4) is 0 Å². The van der Waals surface area contributed by atoms with Gasteiger partial charge in [0.2, 0.25) is 0 Å². The number of nitrogens with one attached hydrogen (secondary N) is 1. The molecule has 3 aliphatic carbocycles. The fourth-order valence-electron chi connectivity index (χ4n) is 4.95. The van der Waals surface area contributed by atoms with Gasteiger partial charge in [0.1, 0.15) is 0 Å². The zero-order chi connectivity index (χ0) is 13.9. The van der Waals surface area contributed by atoms with Crippen molar-refractivity contribution in [2.24, 2.45) is 23.7 Å². The average Bonchev–Trinajstić information content (AvgIpc) is 2.84. The summed E-state index contributed by atoms with van der Waals surface area (Å²) in [5.41, 5.74) is 1.05. The molecule has 0 amide bonds. The maximum absolute atomic E-state index is 11.1. The first-order valence-corrected chi connectivity index (χ1v) is 7.66. The first-order chi connectivity index (χ1) is 9.66. The fourth-order valence-corrected chi connectivity index (χ4v) is 4.95. The van der Waals surface area contributed by atoms with Crippen molar-refractivity contribution in [1.29, 1.82) is 0 Å². The Hall–Kier alpha value is -1.42. The Kier molecular flexibility index (Phi) is 2.64. The second kappa shape index (κ2) is 4.29. The van der Waals surface area contributed by atoms with Gasteiger partial charge in [-0.25, -0.2) is 0 Å². The number of fused-ring (bicyclic) bond motifs is 5. The van der Waals surface area contributed by atoms with Crippen LogP contribution in [0.2, 0.25) is 0 Å². The van der Waals surface area contributed by atoms with E-state index in [9.17, 15) is 10.1 Å². The summed E-state index contributed by atoms with van der Waals surface area (Å²) >= 11 is 0. The Morgan fingerprint density at radius 3 is 2.55 bits per heavy atom. The highest BCUT2D eigenvalue weighted by atomic mass is 16.6. The summed E-state index contributed by atoms with van der Waals surface area (Å²) in [6.45, 7) is 2.05. The SMILES string of the molecule is CC(NC1C2C3CCC(C3)C12)c1ccccc1[N+](=O)[O-]. The van der Waals surface area contributed by atoms with Gasteiger partial charge in [0, 0.05) is 23.7 Å². The van der Waals surface area contributed by atoms with Gasteiger partial charge in [-0.15, -0.1) is 0 Å². The van der Waals surface area contributed by atoms with Crippen LogP contribution in [0, 0.1) is 33.8 Å². The van der Waals surface area contributed by atoms with E-state index in [0.717, 1.165) is 29.2 Å². The number of benzene rings is 1. The number of para-hydroxylation sites is 1. The molecule has 3 saturated carbocycles. The Bertz CT molecular complexity index is 543. The zero-order valence-corrected chi connectivity index (χ0v) is 11.7. The summed E-state index contributed by atoms with van der Waals surface area (Å²) in [7, 11) is 0. The molecule has 2 bridgehead atoms. The normalized spacial score (nSPS) is 38.5. The molecule has 4 nitrogen and oxygen atoms in total. The minimum atomic E-state index is -0.273. The zero-order valence-electron chi connectivity index (χ0n) is 11.7. The van der Waals surface area contributed by atoms with Crippen LogP contribution in [-0.4, -0.2) is 11.0 Å². The van der Waals surface area contributed by atoms with Gasteiger partial charge in [0.15, 0.2) is 0 Å². The number of hydrogen-bond acceptors (Lipinski definition) is 3. The van der Waals surface area contributed by atoms with Crippen molar-refractivity contribution in [2.45, 2.75) is 38.3 Å². The minimum absolute atomic E-state index is 0.0617. The molecule has 1 N–H and O–H groups in total. The molecule has 4 heteroatoms. The summed E-state index contributed by atoms with van der Waals surface area (Å²) in [5.74, 6) is 3.58. The second-order valence-corrected chi connectivity index (χ2v) is 6.72. The van der Waals surface area contributed by atoms with Crippen LogP contribution < -0.4 is 5.32 Å². The Morgan fingerprint density at radius 1 is 1.25 bits per heavy atom. The standard InChI is InChI=1S/C16H20N2O2/c1-9(12-4-2-3-5-13(12)18(19)20)17-16-14-10-6-7-11(8-10)15(14)16/h2-5,9-11,14-17H,6-8H2,1H3. The molecule has 0 saturated heterocycles. The maximum Gasteiger partial charge on any atom is 0.274 e. The van der Waals surface area contributed by atoms with Gasteiger partial charge in [-0.3, -0.25) is 10.1 Å². The van der Waals surface area contributed by atoms with Crippen molar-refractivity contribution in [3.63, 3.8) is 0 Å². The molecule has 20 heavy (non-hydrogen) atoms. The number of rotatable bonds is 4. The van der Waals surface area contributed by atoms with Crippen molar-refractivity contribution < 1.29 is 4.92 Å². The molecule has 106 valence electrons. The number of hydrogen-bond donors (Lipinski definition) is 1. The lowest BCUT2D eigenvalue weighted by Crippen LogP contribution is -2.26. The molecule has 5 atom stereocenters. The topological polar surface area (TPSA) is 55.2 Å². The van der Waals surface area contributed by atoms with Crippen LogP contribution in [0.4, 0.5) is 5.69 Å². The van der Waals surface area contributed by atoms with E-state index >= 15 is 0 Å². The highest BCUT2D eigenvalue weighted by Crippen LogP contribution is 2.65. The smallest absolute Gasteiger partial charge is 0.274 e. The van der Waals surface area contributed by atoms with E-state index in [-0.39, 0.29) is 16.7 Å². The van der Waals surface area contributed by atoms with E-state index < -0.39 is 0 Å². The highest BCUT2D eigenvalue weighted by molar-refractivity contribution is 5.42. The third-order valence-electron chi connectivity index (χ3n) is 5.78. The quantitative estimate of drug-likeness (QED) is 0.676. The van der Waals surface area contributed by atoms with Crippen LogP contribution in [0.1, 0.15) is 37.8 Å². The fraction of sp³-hybridized carbons (Fsp3) is 0.625. The highest BCUT2D eigenvalue weighted by Gasteiger charge is 2.64. The molecular formula is C16H20N2O2. The predicted molar refractivity (Wildman–Crippen MR) is 76.2 cm³/mol. The van der Waals surface area contributed by atoms with Crippen LogP contribution in [-0.2, 0) is 0 Å². The van der Waals surface area contributed by atoms with E-state index in [1.165, 1.54) is 19.3 Å². The van der Waals surface area contributed by atoms with Crippen molar-refractivity contribution >= 4 is 5.69 Å². The molecule has 4 rings (SSSR count). The first kappa shape index (κ1) is 12.3. The number of nitro groups is 1. The largest absolute Gasteiger partial charge is 0.307 e. The lowest BCUT2D eigenvalue weighted by molar-refractivity contribution is -0.385. The van der Waals surface area contributed by atoms with E-state index in [4.69, 9.17) is 0 Å². The minimum Gasteiger partial charge on any atom is -0.307 e. The molecule has 0 radical (unpaired) electrons. The van der Waals surface area contributed by atoms with Crippen LogP contribution in [0.5, 0.6) is 0 Å². The van der Waals surface area contributed by atoms with E-state index in [0.29, 0.717) is 6.04 Å². The van der Waals surface area contributed by atoms with Crippen LogP contribution >= 0.6 is 0 Å². The van der Waals surface area contributed by atoms with Crippen molar-refractivity contribution in [1.82, 2.24) is 5.32 Å². The lowest BCUT2D eigenvalue weighted by atomic mass is 10.0. The molecule has 0 aromatic heterocycles. The molecule has 3 fully saturated rings.